The van der Waals surface area contributed by atoms with Gasteiger partial charge in [-0.2, -0.15) is 5.10 Å². The van der Waals surface area contributed by atoms with Gasteiger partial charge in [0, 0.05) is 36.5 Å². The third kappa shape index (κ3) is 3.61. The molecule has 2 aromatic heterocycles. The van der Waals surface area contributed by atoms with Crippen molar-refractivity contribution in [2.24, 2.45) is 0 Å². The molecule has 138 valence electrons. The maximum absolute atomic E-state index is 11.4. The summed E-state index contributed by atoms with van der Waals surface area (Å²) in [6.45, 7) is 5.00. The van der Waals surface area contributed by atoms with Crippen LogP contribution < -0.4 is 0 Å². The van der Waals surface area contributed by atoms with Crippen molar-refractivity contribution in [3.8, 4) is 11.3 Å². The molecular weight excluding hydrogens is 340 g/mol. The normalized spacial score (nSPS) is 17.3. The number of aromatic nitrogens is 3. The summed E-state index contributed by atoms with van der Waals surface area (Å²) in [7, 11) is 0. The van der Waals surface area contributed by atoms with Crippen molar-refractivity contribution in [2.75, 3.05) is 13.1 Å². The zero-order valence-electron chi connectivity index (χ0n) is 15.2. The Hall–Kier alpha value is -2.99. The molecule has 27 heavy (non-hydrogen) atoms. The van der Waals surface area contributed by atoms with E-state index < -0.39 is 5.97 Å². The Morgan fingerprint density at radius 1 is 1.26 bits per heavy atom. The molecule has 1 aromatic carbocycles. The largest absolute Gasteiger partial charge is 0.478 e. The molecule has 0 unspecified atom stereocenters. The van der Waals surface area contributed by atoms with Gasteiger partial charge in [0.2, 0.25) is 0 Å². The summed E-state index contributed by atoms with van der Waals surface area (Å²) in [5.74, 6) is -0.434. The number of nitrogens with zero attached hydrogens (tertiary/aromatic N) is 3. The van der Waals surface area contributed by atoms with Gasteiger partial charge in [0.05, 0.1) is 17.5 Å². The lowest BCUT2D eigenvalue weighted by molar-refractivity contribution is 0.0697. The van der Waals surface area contributed by atoms with Crippen LogP contribution in [0.25, 0.3) is 11.3 Å². The minimum atomic E-state index is -0.936. The van der Waals surface area contributed by atoms with Gasteiger partial charge in [-0.1, -0.05) is 24.3 Å². The van der Waals surface area contributed by atoms with Crippen molar-refractivity contribution >= 4 is 5.97 Å². The highest BCUT2D eigenvalue weighted by Crippen LogP contribution is 2.29. The molecule has 0 bridgehead atoms. The Bertz CT molecular complexity index is 949. The van der Waals surface area contributed by atoms with Crippen molar-refractivity contribution in [2.45, 2.75) is 25.8 Å². The molecule has 6 heteroatoms. The predicted octanol–water partition coefficient (Wildman–Crippen LogP) is 3.47. The van der Waals surface area contributed by atoms with E-state index in [0.29, 0.717) is 17.2 Å². The maximum atomic E-state index is 11.4. The van der Waals surface area contributed by atoms with Gasteiger partial charge >= 0.3 is 5.97 Å². The Morgan fingerprint density at radius 2 is 2.11 bits per heavy atom. The number of hydrogen-bond acceptors (Lipinski definition) is 4. The number of benzene rings is 1. The molecule has 6 nitrogen and oxygen atoms in total. The fraction of sp³-hybridized carbons (Fsp3) is 0.286. The van der Waals surface area contributed by atoms with E-state index in [-0.39, 0.29) is 5.56 Å². The molecule has 0 spiro atoms. The van der Waals surface area contributed by atoms with Gasteiger partial charge in [0.1, 0.15) is 0 Å². The van der Waals surface area contributed by atoms with Crippen molar-refractivity contribution in [1.82, 2.24) is 20.1 Å². The van der Waals surface area contributed by atoms with Crippen molar-refractivity contribution in [3.63, 3.8) is 0 Å². The second-order valence-electron chi connectivity index (χ2n) is 7.09. The van der Waals surface area contributed by atoms with Crippen LogP contribution in [-0.4, -0.2) is 44.2 Å². The highest BCUT2D eigenvalue weighted by atomic mass is 16.4. The Morgan fingerprint density at radius 3 is 2.81 bits per heavy atom. The van der Waals surface area contributed by atoms with Crippen LogP contribution in [0, 0.1) is 6.92 Å². The third-order valence-corrected chi connectivity index (χ3v) is 5.21. The smallest absolute Gasteiger partial charge is 0.336 e. The van der Waals surface area contributed by atoms with Crippen molar-refractivity contribution in [1.29, 1.82) is 0 Å². The summed E-state index contributed by atoms with van der Waals surface area (Å²) in [4.78, 5) is 18.3. The minimum Gasteiger partial charge on any atom is -0.478 e. The predicted molar refractivity (Wildman–Crippen MR) is 103 cm³/mol. The maximum Gasteiger partial charge on any atom is 0.336 e. The Labute approximate surface area is 157 Å². The summed E-state index contributed by atoms with van der Waals surface area (Å²) >= 11 is 0. The van der Waals surface area contributed by atoms with Gasteiger partial charge in [0.25, 0.3) is 0 Å². The zero-order chi connectivity index (χ0) is 18.8. The first-order valence-electron chi connectivity index (χ1n) is 9.11. The molecule has 0 saturated carbocycles. The van der Waals surface area contributed by atoms with Crippen LogP contribution >= 0.6 is 0 Å². The average Bonchev–Trinajstić information content (AvgIpc) is 3.31. The van der Waals surface area contributed by atoms with Crippen LogP contribution in [0.5, 0.6) is 0 Å². The van der Waals surface area contributed by atoms with Gasteiger partial charge < -0.3 is 5.11 Å². The van der Waals surface area contributed by atoms with Crippen molar-refractivity contribution in [3.05, 3.63) is 71.2 Å². The molecule has 0 amide bonds. The van der Waals surface area contributed by atoms with E-state index >= 15 is 0 Å². The molecule has 1 saturated heterocycles. The first-order valence-corrected chi connectivity index (χ1v) is 9.11. The fourth-order valence-electron chi connectivity index (χ4n) is 3.81. The highest BCUT2D eigenvalue weighted by Gasteiger charge is 2.26. The lowest BCUT2D eigenvalue weighted by Gasteiger charge is -2.16. The molecule has 1 aliphatic rings. The molecule has 4 rings (SSSR count). The fourth-order valence-corrected chi connectivity index (χ4v) is 3.81. The van der Waals surface area contributed by atoms with Gasteiger partial charge in [-0.05, 0) is 43.1 Å². The lowest BCUT2D eigenvalue weighted by atomic mass is 10.0. The van der Waals surface area contributed by atoms with Gasteiger partial charge in [-0.3, -0.25) is 15.0 Å². The SMILES string of the molecule is Cc1cn[nH]c1[C@H]1CCN(Cc2ccc(-c3ccccc3C(=O)O)nc2)C1. The lowest BCUT2D eigenvalue weighted by Crippen LogP contribution is -2.20. The number of pyridine rings is 1. The number of aromatic carboxylic acids is 1. The monoisotopic (exact) mass is 362 g/mol. The number of aromatic amines is 1. The van der Waals surface area contributed by atoms with E-state index in [1.165, 1.54) is 11.3 Å². The first-order chi connectivity index (χ1) is 13.1. The number of carboxylic acids is 1. The standard InChI is InChI=1S/C21H22N4O2/c1-14-10-23-24-20(14)16-8-9-25(13-16)12-15-6-7-19(22-11-15)17-4-2-3-5-18(17)21(26)27/h2-7,10-11,16H,8-9,12-13H2,1H3,(H,23,24)(H,26,27)/t16-/m0/s1. The van der Waals surface area contributed by atoms with E-state index in [0.717, 1.165) is 31.6 Å². The number of likely N-dealkylation sites (tertiary alicyclic amines) is 1. The molecular formula is C21H22N4O2. The summed E-state index contributed by atoms with van der Waals surface area (Å²) in [5.41, 5.74) is 5.21. The number of hydrogen-bond donors (Lipinski definition) is 2. The van der Waals surface area contributed by atoms with Crippen LogP contribution in [0.4, 0.5) is 0 Å². The second-order valence-corrected chi connectivity index (χ2v) is 7.09. The van der Waals surface area contributed by atoms with E-state index in [1.807, 2.05) is 30.6 Å². The van der Waals surface area contributed by atoms with E-state index in [2.05, 4.69) is 27.0 Å². The van der Waals surface area contributed by atoms with Gasteiger partial charge in [-0.15, -0.1) is 0 Å². The molecule has 3 heterocycles. The van der Waals surface area contributed by atoms with E-state index in [4.69, 9.17) is 0 Å². The molecule has 1 aliphatic heterocycles. The minimum absolute atomic E-state index is 0.273. The molecule has 1 atom stereocenters. The van der Waals surface area contributed by atoms with Crippen LogP contribution in [0.3, 0.4) is 0 Å². The number of nitrogens with one attached hydrogen (secondary N) is 1. The molecule has 0 aliphatic carbocycles. The van der Waals surface area contributed by atoms with Gasteiger partial charge in [0.15, 0.2) is 0 Å². The molecule has 2 N–H and O–H groups in total. The summed E-state index contributed by atoms with van der Waals surface area (Å²) in [6, 6.07) is 10.9. The molecule has 0 radical (unpaired) electrons. The van der Waals surface area contributed by atoms with E-state index in [9.17, 15) is 9.90 Å². The average molecular weight is 362 g/mol. The number of rotatable bonds is 5. The number of aryl methyl sites for hydroxylation is 1. The number of H-pyrrole nitrogens is 1. The summed E-state index contributed by atoms with van der Waals surface area (Å²) < 4.78 is 0. The van der Waals surface area contributed by atoms with Crippen LogP contribution in [0.2, 0.25) is 0 Å². The Balaban J connectivity index is 1.45. The molecule has 1 fully saturated rings. The number of carbonyl (C=O) groups is 1. The van der Waals surface area contributed by atoms with Gasteiger partial charge in [-0.25, -0.2) is 4.79 Å². The van der Waals surface area contributed by atoms with Crippen molar-refractivity contribution < 1.29 is 9.90 Å². The second kappa shape index (κ2) is 7.32. The Kier molecular flexibility index (Phi) is 4.73. The third-order valence-electron chi connectivity index (χ3n) is 5.21. The first kappa shape index (κ1) is 17.4. The van der Waals surface area contributed by atoms with Crippen LogP contribution in [0.15, 0.2) is 48.8 Å². The quantitative estimate of drug-likeness (QED) is 0.726. The summed E-state index contributed by atoms with van der Waals surface area (Å²) in [6.07, 6.45) is 4.86. The number of carboxylic acid groups (broad SMARTS) is 1. The zero-order valence-corrected chi connectivity index (χ0v) is 15.2. The van der Waals surface area contributed by atoms with Crippen LogP contribution in [0.1, 0.15) is 39.5 Å². The highest BCUT2D eigenvalue weighted by molar-refractivity contribution is 5.95. The van der Waals surface area contributed by atoms with E-state index in [1.54, 1.807) is 18.2 Å². The van der Waals surface area contributed by atoms with Crippen LogP contribution in [-0.2, 0) is 6.54 Å². The topological polar surface area (TPSA) is 82.1 Å². The summed E-state index contributed by atoms with van der Waals surface area (Å²) in [5, 5.41) is 16.6. The molecule has 3 aromatic rings.